The first-order chi connectivity index (χ1) is 11.5. The third-order valence-electron chi connectivity index (χ3n) is 4.75. The predicted octanol–water partition coefficient (Wildman–Crippen LogP) is 4.46. The molecule has 0 radical (unpaired) electrons. The lowest BCUT2D eigenvalue weighted by Gasteiger charge is -2.38. The van der Waals surface area contributed by atoms with E-state index in [1.165, 1.54) is 11.1 Å². The fourth-order valence-electron chi connectivity index (χ4n) is 3.18. The minimum Gasteiger partial charge on any atom is -0.316 e. The number of nitrogens with zero attached hydrogens (tertiary/aromatic N) is 1. The first-order valence-corrected chi connectivity index (χ1v) is 9.09. The molecule has 0 saturated carbocycles. The number of benzene rings is 2. The summed E-state index contributed by atoms with van der Waals surface area (Å²) in [6, 6.07) is 22.2. The molecule has 0 aliphatic heterocycles. The highest BCUT2D eigenvalue weighted by atomic mass is 15.2. The molecule has 130 valence electrons. The largest absolute Gasteiger partial charge is 0.316 e. The van der Waals surface area contributed by atoms with Crippen molar-refractivity contribution in [2.75, 3.05) is 19.6 Å². The summed E-state index contributed by atoms with van der Waals surface area (Å²) < 4.78 is 0. The summed E-state index contributed by atoms with van der Waals surface area (Å²) in [6.07, 6.45) is 0. The molecule has 0 saturated heterocycles. The molecular weight excluding hydrogens is 292 g/mol. The standard InChI is InChI=1S/C22H32N2/c1-5-23-17-22(4,21-14-10-7-11-15-21)18-24(19(2)3)16-20-12-8-6-9-13-20/h6-15,19,23H,5,16-18H2,1-4H3. The van der Waals surface area contributed by atoms with Gasteiger partial charge in [0.25, 0.3) is 0 Å². The number of rotatable bonds is 9. The average Bonchev–Trinajstić information content (AvgIpc) is 2.61. The molecule has 2 rings (SSSR count). The monoisotopic (exact) mass is 324 g/mol. The molecule has 2 nitrogen and oxygen atoms in total. The summed E-state index contributed by atoms with van der Waals surface area (Å²) in [5.41, 5.74) is 2.88. The lowest BCUT2D eigenvalue weighted by molar-refractivity contribution is 0.164. The van der Waals surface area contributed by atoms with E-state index in [9.17, 15) is 0 Å². The van der Waals surface area contributed by atoms with Gasteiger partial charge in [-0.1, -0.05) is 74.5 Å². The molecule has 2 heteroatoms. The third kappa shape index (κ3) is 5.19. The summed E-state index contributed by atoms with van der Waals surface area (Å²) in [7, 11) is 0. The quantitative estimate of drug-likeness (QED) is 0.732. The van der Waals surface area contributed by atoms with Crippen molar-refractivity contribution >= 4 is 0 Å². The van der Waals surface area contributed by atoms with E-state index in [-0.39, 0.29) is 5.41 Å². The Balaban J connectivity index is 2.21. The zero-order valence-corrected chi connectivity index (χ0v) is 15.6. The Bertz CT molecular complexity index is 579. The molecule has 1 unspecified atom stereocenters. The molecule has 0 bridgehead atoms. The second-order valence-corrected chi connectivity index (χ2v) is 7.19. The fourth-order valence-corrected chi connectivity index (χ4v) is 3.18. The van der Waals surface area contributed by atoms with E-state index in [1.54, 1.807) is 0 Å². The average molecular weight is 325 g/mol. The lowest BCUT2D eigenvalue weighted by Crippen LogP contribution is -2.47. The van der Waals surface area contributed by atoms with Crippen molar-refractivity contribution in [2.45, 2.75) is 45.7 Å². The van der Waals surface area contributed by atoms with Gasteiger partial charge in [0.2, 0.25) is 0 Å². The highest BCUT2D eigenvalue weighted by molar-refractivity contribution is 5.26. The van der Waals surface area contributed by atoms with Crippen LogP contribution in [0.2, 0.25) is 0 Å². The fraction of sp³-hybridized carbons (Fsp3) is 0.455. The van der Waals surface area contributed by atoms with Gasteiger partial charge >= 0.3 is 0 Å². The summed E-state index contributed by atoms with van der Waals surface area (Å²) >= 11 is 0. The van der Waals surface area contributed by atoms with Crippen molar-refractivity contribution in [1.29, 1.82) is 0 Å². The van der Waals surface area contributed by atoms with Crippen molar-refractivity contribution < 1.29 is 0 Å². The highest BCUT2D eigenvalue weighted by Gasteiger charge is 2.29. The van der Waals surface area contributed by atoms with Crippen molar-refractivity contribution in [2.24, 2.45) is 0 Å². The minimum absolute atomic E-state index is 0.0936. The van der Waals surface area contributed by atoms with Gasteiger partial charge < -0.3 is 5.32 Å². The van der Waals surface area contributed by atoms with Gasteiger partial charge in [-0.15, -0.1) is 0 Å². The van der Waals surface area contributed by atoms with Gasteiger partial charge in [-0.05, 0) is 31.5 Å². The van der Waals surface area contributed by atoms with Crippen molar-refractivity contribution in [1.82, 2.24) is 10.2 Å². The van der Waals surface area contributed by atoms with E-state index in [0.29, 0.717) is 6.04 Å². The molecule has 0 spiro atoms. The van der Waals surface area contributed by atoms with Crippen LogP contribution >= 0.6 is 0 Å². The second kappa shape index (κ2) is 9.00. The Hall–Kier alpha value is -1.64. The van der Waals surface area contributed by atoms with Gasteiger partial charge in [0.05, 0.1) is 0 Å². The molecule has 1 N–H and O–H groups in total. The molecule has 0 amide bonds. The molecule has 0 aliphatic carbocycles. The van der Waals surface area contributed by atoms with Gasteiger partial charge in [-0.3, -0.25) is 4.90 Å². The van der Waals surface area contributed by atoms with Crippen LogP contribution in [0.5, 0.6) is 0 Å². The predicted molar refractivity (Wildman–Crippen MR) is 104 cm³/mol. The third-order valence-corrected chi connectivity index (χ3v) is 4.75. The van der Waals surface area contributed by atoms with Crippen molar-refractivity contribution in [3.05, 3.63) is 71.8 Å². The van der Waals surface area contributed by atoms with E-state index >= 15 is 0 Å². The number of hydrogen-bond donors (Lipinski definition) is 1. The van der Waals surface area contributed by atoms with E-state index in [0.717, 1.165) is 26.2 Å². The van der Waals surface area contributed by atoms with Crippen molar-refractivity contribution in [3.63, 3.8) is 0 Å². The lowest BCUT2D eigenvalue weighted by atomic mass is 9.81. The van der Waals surface area contributed by atoms with E-state index < -0.39 is 0 Å². The maximum Gasteiger partial charge on any atom is 0.0236 e. The van der Waals surface area contributed by atoms with Gasteiger partial charge in [-0.2, -0.15) is 0 Å². The first kappa shape index (κ1) is 18.7. The minimum atomic E-state index is 0.0936. The van der Waals surface area contributed by atoms with E-state index in [1.807, 2.05) is 0 Å². The summed E-state index contributed by atoms with van der Waals surface area (Å²) in [4.78, 5) is 2.58. The molecule has 0 aliphatic rings. The normalized spacial score (nSPS) is 14.1. The molecule has 1 atom stereocenters. The Labute approximate surface area is 147 Å². The molecule has 24 heavy (non-hydrogen) atoms. The Kier molecular flexibility index (Phi) is 7.01. The van der Waals surface area contributed by atoms with Crippen LogP contribution in [0.25, 0.3) is 0 Å². The topological polar surface area (TPSA) is 15.3 Å². The SMILES string of the molecule is CCNCC(C)(CN(Cc1ccccc1)C(C)C)c1ccccc1. The Morgan fingerprint density at radius 1 is 0.958 bits per heavy atom. The van der Waals surface area contributed by atoms with Gasteiger partial charge in [0.15, 0.2) is 0 Å². The molecule has 2 aromatic rings. The summed E-state index contributed by atoms with van der Waals surface area (Å²) in [5.74, 6) is 0. The van der Waals surface area contributed by atoms with Crippen LogP contribution in [0.3, 0.4) is 0 Å². The zero-order valence-electron chi connectivity index (χ0n) is 15.6. The van der Waals surface area contributed by atoms with Crippen LogP contribution in [-0.4, -0.2) is 30.6 Å². The van der Waals surface area contributed by atoms with Crippen LogP contribution in [0.4, 0.5) is 0 Å². The molecule has 0 heterocycles. The zero-order chi connectivity index (χ0) is 17.4. The number of likely N-dealkylation sites (N-methyl/N-ethyl adjacent to an activating group) is 1. The van der Waals surface area contributed by atoms with Crippen LogP contribution in [0.15, 0.2) is 60.7 Å². The highest BCUT2D eigenvalue weighted by Crippen LogP contribution is 2.26. The summed E-state index contributed by atoms with van der Waals surface area (Å²) in [6.45, 7) is 13.2. The van der Waals surface area contributed by atoms with Crippen LogP contribution in [-0.2, 0) is 12.0 Å². The van der Waals surface area contributed by atoms with Crippen LogP contribution < -0.4 is 5.32 Å². The summed E-state index contributed by atoms with van der Waals surface area (Å²) in [5, 5.41) is 3.57. The number of nitrogens with one attached hydrogen (secondary N) is 1. The van der Waals surface area contributed by atoms with E-state index in [2.05, 4.69) is 98.6 Å². The van der Waals surface area contributed by atoms with Crippen LogP contribution in [0, 0.1) is 0 Å². The molecule has 2 aromatic carbocycles. The van der Waals surface area contributed by atoms with Gasteiger partial charge in [0, 0.05) is 31.1 Å². The maximum atomic E-state index is 3.57. The van der Waals surface area contributed by atoms with Crippen molar-refractivity contribution in [3.8, 4) is 0 Å². The second-order valence-electron chi connectivity index (χ2n) is 7.19. The molecular formula is C22H32N2. The maximum absolute atomic E-state index is 3.57. The first-order valence-electron chi connectivity index (χ1n) is 9.09. The number of hydrogen-bond acceptors (Lipinski definition) is 2. The van der Waals surface area contributed by atoms with Crippen LogP contribution in [0.1, 0.15) is 38.8 Å². The Morgan fingerprint density at radius 2 is 1.54 bits per heavy atom. The smallest absolute Gasteiger partial charge is 0.0236 e. The Morgan fingerprint density at radius 3 is 2.08 bits per heavy atom. The molecule has 0 fully saturated rings. The molecule has 0 aromatic heterocycles. The van der Waals surface area contributed by atoms with Gasteiger partial charge in [0.1, 0.15) is 0 Å². The van der Waals surface area contributed by atoms with Gasteiger partial charge in [-0.25, -0.2) is 0 Å². The van der Waals surface area contributed by atoms with E-state index in [4.69, 9.17) is 0 Å².